The fraction of sp³-hybridized carbons (Fsp3) is 0.455. The van der Waals surface area contributed by atoms with E-state index in [4.69, 9.17) is 0 Å². The molecule has 1 fully saturated rings. The molecule has 1 aliphatic heterocycles. The quantitative estimate of drug-likeness (QED) is 0.829. The molecule has 0 saturated carbocycles. The Morgan fingerprint density at radius 2 is 1.93 bits per heavy atom. The third-order valence-corrected chi connectivity index (χ3v) is 3.17. The van der Waals surface area contributed by atoms with Gasteiger partial charge in [-0.25, -0.2) is 0 Å². The molecule has 1 heterocycles. The van der Waals surface area contributed by atoms with Gasteiger partial charge in [-0.15, -0.1) is 12.4 Å². The van der Waals surface area contributed by atoms with Crippen molar-refractivity contribution in [3.63, 3.8) is 0 Å². The number of piperidine rings is 1. The van der Waals surface area contributed by atoms with E-state index >= 15 is 0 Å². The second kappa shape index (κ2) is 5.74. The number of nitrogens with one attached hydrogen (secondary N) is 1. The molecule has 1 aliphatic rings. The molecule has 1 N–H and O–H groups in total. The summed E-state index contributed by atoms with van der Waals surface area (Å²) in [6.07, 6.45) is 2.63. The van der Waals surface area contributed by atoms with Crippen molar-refractivity contribution in [2.75, 3.05) is 13.1 Å². The van der Waals surface area contributed by atoms with Gasteiger partial charge < -0.3 is 5.32 Å². The summed E-state index contributed by atoms with van der Waals surface area (Å²) >= 11 is 3.45. The van der Waals surface area contributed by atoms with Gasteiger partial charge in [-0.05, 0) is 43.0 Å². The van der Waals surface area contributed by atoms with Gasteiger partial charge in [-0.3, -0.25) is 0 Å². The average Bonchev–Trinajstić information content (AvgIpc) is 2.20. The minimum atomic E-state index is 0. The van der Waals surface area contributed by atoms with Gasteiger partial charge in [0.1, 0.15) is 0 Å². The Balaban J connectivity index is 0.000000980. The van der Waals surface area contributed by atoms with E-state index in [1.54, 1.807) is 0 Å². The summed E-state index contributed by atoms with van der Waals surface area (Å²) in [4.78, 5) is 0. The van der Waals surface area contributed by atoms with Crippen molar-refractivity contribution in [3.05, 3.63) is 34.3 Å². The summed E-state index contributed by atoms with van der Waals surface area (Å²) in [5.41, 5.74) is 1.47. The van der Waals surface area contributed by atoms with Crippen LogP contribution in [0.1, 0.15) is 24.3 Å². The van der Waals surface area contributed by atoms with Crippen molar-refractivity contribution < 1.29 is 0 Å². The maximum absolute atomic E-state index is 3.45. The van der Waals surface area contributed by atoms with Gasteiger partial charge in [0, 0.05) is 11.0 Å². The monoisotopic (exact) mass is 275 g/mol. The van der Waals surface area contributed by atoms with E-state index < -0.39 is 0 Å². The van der Waals surface area contributed by atoms with Crippen LogP contribution in [-0.2, 0) is 0 Å². The van der Waals surface area contributed by atoms with Gasteiger partial charge in [-0.1, -0.05) is 28.1 Å². The first-order chi connectivity index (χ1) is 6.36. The van der Waals surface area contributed by atoms with Crippen LogP contribution in [0, 0.1) is 0 Å². The highest BCUT2D eigenvalue weighted by atomic mass is 79.9. The van der Waals surface area contributed by atoms with Crippen molar-refractivity contribution in [2.45, 2.75) is 18.8 Å². The molecule has 0 amide bonds. The lowest BCUT2D eigenvalue weighted by Gasteiger charge is -2.22. The lowest BCUT2D eigenvalue weighted by atomic mass is 9.92. The fourth-order valence-electron chi connectivity index (χ4n) is 1.87. The van der Waals surface area contributed by atoms with Gasteiger partial charge >= 0.3 is 0 Å². The van der Waals surface area contributed by atoms with Crippen LogP contribution >= 0.6 is 28.3 Å². The molecule has 1 aromatic rings. The first-order valence-electron chi connectivity index (χ1n) is 4.82. The highest BCUT2D eigenvalue weighted by molar-refractivity contribution is 9.10. The van der Waals surface area contributed by atoms with Gasteiger partial charge in [0.15, 0.2) is 0 Å². The smallest absolute Gasteiger partial charge is 0.0175 e. The van der Waals surface area contributed by atoms with E-state index in [1.807, 2.05) is 0 Å². The third-order valence-electron chi connectivity index (χ3n) is 2.64. The molecule has 3 heteroatoms. The minimum absolute atomic E-state index is 0. The molecule has 0 aliphatic carbocycles. The normalized spacial score (nSPS) is 21.4. The van der Waals surface area contributed by atoms with Crippen LogP contribution in [0.5, 0.6) is 0 Å². The van der Waals surface area contributed by atoms with E-state index in [0.717, 1.165) is 12.5 Å². The molecule has 1 aromatic carbocycles. The Labute approximate surface area is 99.8 Å². The van der Waals surface area contributed by atoms with Crippen LogP contribution in [-0.4, -0.2) is 13.1 Å². The van der Waals surface area contributed by atoms with Crippen molar-refractivity contribution in [1.29, 1.82) is 0 Å². The Morgan fingerprint density at radius 1 is 1.21 bits per heavy atom. The van der Waals surface area contributed by atoms with Crippen LogP contribution in [0.4, 0.5) is 0 Å². The summed E-state index contributed by atoms with van der Waals surface area (Å²) in [5, 5.41) is 3.44. The number of rotatable bonds is 1. The fourth-order valence-corrected chi connectivity index (χ4v) is 2.14. The first kappa shape index (κ1) is 12.0. The number of hydrogen-bond acceptors (Lipinski definition) is 1. The molecular formula is C11H15BrClN. The van der Waals surface area contributed by atoms with Crippen LogP contribution in [0.3, 0.4) is 0 Å². The van der Waals surface area contributed by atoms with Crippen molar-refractivity contribution >= 4 is 28.3 Å². The van der Waals surface area contributed by atoms with E-state index in [0.29, 0.717) is 0 Å². The highest BCUT2D eigenvalue weighted by Crippen LogP contribution is 2.24. The maximum Gasteiger partial charge on any atom is 0.0175 e. The molecule has 0 bridgehead atoms. The first-order valence-corrected chi connectivity index (χ1v) is 5.62. The summed E-state index contributed by atoms with van der Waals surface area (Å²) in [6, 6.07) is 8.71. The maximum atomic E-state index is 3.45. The Bertz CT molecular complexity index is 267. The molecule has 1 atom stereocenters. The molecule has 1 nitrogen and oxygen atoms in total. The summed E-state index contributed by atoms with van der Waals surface area (Å²) < 4.78 is 1.17. The predicted molar refractivity (Wildman–Crippen MR) is 66.2 cm³/mol. The summed E-state index contributed by atoms with van der Waals surface area (Å²) in [6.45, 7) is 2.33. The second-order valence-electron chi connectivity index (χ2n) is 3.59. The van der Waals surface area contributed by atoms with Crippen molar-refractivity contribution in [3.8, 4) is 0 Å². The lowest BCUT2D eigenvalue weighted by Crippen LogP contribution is -2.28. The molecule has 78 valence electrons. The number of hydrogen-bond donors (Lipinski definition) is 1. The lowest BCUT2D eigenvalue weighted by molar-refractivity contribution is 0.461. The van der Waals surface area contributed by atoms with E-state index in [-0.39, 0.29) is 12.4 Å². The molecule has 1 saturated heterocycles. The molecular weight excluding hydrogens is 261 g/mol. The average molecular weight is 277 g/mol. The highest BCUT2D eigenvalue weighted by Gasteiger charge is 2.14. The summed E-state index contributed by atoms with van der Waals surface area (Å²) in [7, 11) is 0. The van der Waals surface area contributed by atoms with Crippen LogP contribution in [0.25, 0.3) is 0 Å². The molecule has 0 spiro atoms. The topological polar surface area (TPSA) is 12.0 Å². The second-order valence-corrected chi connectivity index (χ2v) is 4.51. The zero-order chi connectivity index (χ0) is 9.10. The number of benzene rings is 1. The Morgan fingerprint density at radius 3 is 2.50 bits per heavy atom. The van der Waals surface area contributed by atoms with E-state index in [2.05, 4.69) is 45.5 Å². The van der Waals surface area contributed by atoms with Gasteiger partial charge in [-0.2, -0.15) is 0 Å². The van der Waals surface area contributed by atoms with E-state index in [1.165, 1.54) is 29.4 Å². The van der Waals surface area contributed by atoms with E-state index in [9.17, 15) is 0 Å². The van der Waals surface area contributed by atoms with Gasteiger partial charge in [0.2, 0.25) is 0 Å². The minimum Gasteiger partial charge on any atom is -0.316 e. The van der Waals surface area contributed by atoms with Crippen molar-refractivity contribution in [2.24, 2.45) is 0 Å². The SMILES string of the molecule is Brc1ccc(C2CCCNC2)cc1.Cl. The standard InChI is InChI=1S/C11H14BrN.ClH/c12-11-5-3-9(4-6-11)10-2-1-7-13-8-10;/h3-6,10,13H,1-2,7-8H2;1H. The molecule has 0 radical (unpaired) electrons. The Hall–Kier alpha value is -0.0500. The van der Waals surface area contributed by atoms with Crippen LogP contribution in [0.2, 0.25) is 0 Å². The molecule has 2 rings (SSSR count). The molecule has 0 aromatic heterocycles. The molecule has 14 heavy (non-hydrogen) atoms. The summed E-state index contributed by atoms with van der Waals surface area (Å²) in [5.74, 6) is 0.724. The molecule has 1 unspecified atom stereocenters. The zero-order valence-corrected chi connectivity index (χ0v) is 10.4. The Kier molecular flexibility index (Phi) is 4.93. The van der Waals surface area contributed by atoms with Crippen molar-refractivity contribution in [1.82, 2.24) is 5.32 Å². The predicted octanol–water partition coefficient (Wildman–Crippen LogP) is 3.34. The third kappa shape index (κ3) is 2.97. The van der Waals surface area contributed by atoms with Crippen LogP contribution < -0.4 is 5.32 Å². The zero-order valence-electron chi connectivity index (χ0n) is 8.00. The van der Waals surface area contributed by atoms with Crippen LogP contribution in [0.15, 0.2) is 28.7 Å². The largest absolute Gasteiger partial charge is 0.316 e. The number of halogens is 2. The van der Waals surface area contributed by atoms with Gasteiger partial charge in [0.05, 0.1) is 0 Å². The van der Waals surface area contributed by atoms with Gasteiger partial charge in [0.25, 0.3) is 0 Å².